The monoisotopic (exact) mass is 225 g/mol. The molecule has 1 unspecified atom stereocenters. The number of ether oxygens (including phenoxy) is 1. The standard InChI is InChI=1S/C11H10FO2S/c12-10-3-5-11(6-4-10)13-9-15-8-2-1-7-14-15/h1-8H,9H2/q+1. The van der Waals surface area contributed by atoms with E-state index in [0.717, 1.165) is 0 Å². The zero-order chi connectivity index (χ0) is 10.5. The smallest absolute Gasteiger partial charge is 0.293 e. The summed E-state index contributed by atoms with van der Waals surface area (Å²) in [6.07, 6.45) is 5.37. The molecule has 0 N–H and O–H groups in total. The van der Waals surface area contributed by atoms with Crippen LogP contribution in [0.3, 0.4) is 0 Å². The Kier molecular flexibility index (Phi) is 3.29. The van der Waals surface area contributed by atoms with Crippen LogP contribution in [0.4, 0.5) is 4.39 Å². The molecule has 0 aromatic heterocycles. The molecule has 15 heavy (non-hydrogen) atoms. The minimum Gasteiger partial charge on any atom is -0.444 e. The summed E-state index contributed by atoms with van der Waals surface area (Å²) in [5.74, 6) is 0.837. The van der Waals surface area contributed by atoms with Crippen LogP contribution in [0.15, 0.2) is 48.1 Å². The molecule has 0 amide bonds. The van der Waals surface area contributed by atoms with Gasteiger partial charge in [-0.3, -0.25) is 4.18 Å². The van der Waals surface area contributed by atoms with Crippen molar-refractivity contribution in [1.82, 2.24) is 0 Å². The van der Waals surface area contributed by atoms with Crippen LogP contribution in [0.1, 0.15) is 0 Å². The SMILES string of the molecule is Fc1ccc(OC[S+]2C=CC=CO2)cc1. The van der Waals surface area contributed by atoms with Crippen molar-refractivity contribution in [3.8, 4) is 5.75 Å². The lowest BCUT2D eigenvalue weighted by molar-refractivity contribution is 0.375. The van der Waals surface area contributed by atoms with Crippen LogP contribution in [-0.4, -0.2) is 5.94 Å². The third-order valence-electron chi connectivity index (χ3n) is 1.75. The number of allylic oxidation sites excluding steroid dienone is 2. The summed E-state index contributed by atoms with van der Waals surface area (Å²) in [5, 5.41) is 1.93. The fraction of sp³-hybridized carbons (Fsp3) is 0.0909. The van der Waals surface area contributed by atoms with Gasteiger partial charge >= 0.3 is 0 Å². The lowest BCUT2D eigenvalue weighted by atomic mass is 10.3. The average molecular weight is 225 g/mol. The molecular weight excluding hydrogens is 215 g/mol. The summed E-state index contributed by atoms with van der Waals surface area (Å²) in [6.45, 7) is 0. The van der Waals surface area contributed by atoms with E-state index in [1.807, 2.05) is 17.6 Å². The fourth-order valence-corrected chi connectivity index (χ4v) is 1.96. The van der Waals surface area contributed by atoms with Gasteiger partial charge in [-0.25, -0.2) is 4.39 Å². The van der Waals surface area contributed by atoms with E-state index in [4.69, 9.17) is 8.92 Å². The molecule has 0 radical (unpaired) electrons. The molecule has 1 aliphatic rings. The Morgan fingerprint density at radius 3 is 2.67 bits per heavy atom. The Balaban J connectivity index is 1.85. The van der Waals surface area contributed by atoms with Crippen LogP contribution < -0.4 is 4.74 Å². The highest BCUT2D eigenvalue weighted by Gasteiger charge is 2.18. The molecular formula is C11H10FO2S+. The molecule has 0 saturated heterocycles. The Morgan fingerprint density at radius 1 is 1.20 bits per heavy atom. The second-order valence-corrected chi connectivity index (χ2v) is 4.31. The summed E-state index contributed by atoms with van der Waals surface area (Å²) in [4.78, 5) is 0. The Hall–Kier alpha value is -1.42. The summed E-state index contributed by atoms with van der Waals surface area (Å²) in [7, 11) is 0. The van der Waals surface area contributed by atoms with Gasteiger partial charge in [-0.1, -0.05) is 0 Å². The number of benzene rings is 1. The highest BCUT2D eigenvalue weighted by molar-refractivity contribution is 7.95. The molecule has 1 aliphatic heterocycles. The minimum absolute atomic E-state index is 0.262. The quantitative estimate of drug-likeness (QED) is 0.736. The van der Waals surface area contributed by atoms with E-state index in [2.05, 4.69) is 0 Å². The minimum atomic E-state index is -0.334. The second-order valence-electron chi connectivity index (χ2n) is 2.85. The molecule has 4 heteroatoms. The molecule has 0 fully saturated rings. The van der Waals surface area contributed by atoms with E-state index < -0.39 is 0 Å². The summed E-state index contributed by atoms with van der Waals surface area (Å²) < 4.78 is 23.3. The van der Waals surface area contributed by atoms with Crippen LogP contribution in [0.25, 0.3) is 0 Å². The predicted molar refractivity (Wildman–Crippen MR) is 58.6 cm³/mol. The molecule has 1 heterocycles. The molecule has 1 aromatic rings. The highest BCUT2D eigenvalue weighted by atomic mass is 32.2. The van der Waals surface area contributed by atoms with Crippen molar-refractivity contribution < 1.29 is 13.3 Å². The maximum absolute atomic E-state index is 12.6. The maximum Gasteiger partial charge on any atom is 0.293 e. The molecule has 0 aliphatic carbocycles. The van der Waals surface area contributed by atoms with Gasteiger partial charge in [0.2, 0.25) is 0 Å². The fourth-order valence-electron chi connectivity index (χ4n) is 1.04. The predicted octanol–water partition coefficient (Wildman–Crippen LogP) is 2.75. The zero-order valence-corrected chi connectivity index (χ0v) is 8.75. The van der Waals surface area contributed by atoms with Gasteiger partial charge in [0.15, 0.2) is 11.7 Å². The summed E-state index contributed by atoms with van der Waals surface area (Å²) >= 11 is -0.334. The van der Waals surface area contributed by atoms with Crippen LogP contribution in [0.2, 0.25) is 0 Å². The molecule has 0 bridgehead atoms. The van der Waals surface area contributed by atoms with Crippen molar-refractivity contribution in [2.75, 3.05) is 5.94 Å². The van der Waals surface area contributed by atoms with Gasteiger partial charge in [0.05, 0.1) is 0 Å². The van der Waals surface area contributed by atoms with Crippen LogP contribution in [0, 0.1) is 5.82 Å². The van der Waals surface area contributed by atoms with Crippen LogP contribution >= 0.6 is 0 Å². The molecule has 0 saturated carbocycles. The van der Waals surface area contributed by atoms with Gasteiger partial charge in [-0.2, -0.15) is 0 Å². The molecule has 2 rings (SSSR count). The van der Waals surface area contributed by atoms with Crippen molar-refractivity contribution in [2.45, 2.75) is 0 Å². The van der Waals surface area contributed by atoms with Crippen LogP contribution in [0.5, 0.6) is 5.75 Å². The van der Waals surface area contributed by atoms with E-state index in [1.54, 1.807) is 18.4 Å². The third kappa shape index (κ3) is 3.02. The number of halogens is 1. The first-order chi connectivity index (χ1) is 7.34. The van der Waals surface area contributed by atoms with Gasteiger partial charge in [0, 0.05) is 0 Å². The van der Waals surface area contributed by atoms with Gasteiger partial charge in [0.25, 0.3) is 17.1 Å². The largest absolute Gasteiger partial charge is 0.444 e. The van der Waals surface area contributed by atoms with Crippen molar-refractivity contribution in [3.63, 3.8) is 0 Å². The maximum atomic E-state index is 12.6. The van der Waals surface area contributed by atoms with E-state index in [9.17, 15) is 4.39 Å². The van der Waals surface area contributed by atoms with Crippen molar-refractivity contribution in [2.24, 2.45) is 0 Å². The number of hydrogen-bond acceptors (Lipinski definition) is 2. The topological polar surface area (TPSA) is 18.5 Å². The van der Waals surface area contributed by atoms with Gasteiger partial charge < -0.3 is 4.74 Å². The Bertz CT molecular complexity index is 373. The first-order valence-electron chi connectivity index (χ1n) is 4.43. The Morgan fingerprint density at radius 2 is 2.00 bits per heavy atom. The highest BCUT2D eigenvalue weighted by Crippen LogP contribution is 2.14. The molecule has 1 atom stereocenters. The second kappa shape index (κ2) is 4.89. The van der Waals surface area contributed by atoms with E-state index >= 15 is 0 Å². The Labute approximate surface area is 90.6 Å². The molecule has 2 nitrogen and oxygen atoms in total. The van der Waals surface area contributed by atoms with Crippen LogP contribution in [-0.2, 0) is 15.4 Å². The van der Waals surface area contributed by atoms with E-state index in [1.165, 1.54) is 12.1 Å². The van der Waals surface area contributed by atoms with Crippen molar-refractivity contribution >= 4 is 11.2 Å². The zero-order valence-electron chi connectivity index (χ0n) is 7.93. The first-order valence-corrected chi connectivity index (χ1v) is 5.81. The van der Waals surface area contributed by atoms with Crippen molar-refractivity contribution in [3.05, 3.63) is 53.9 Å². The van der Waals surface area contributed by atoms with E-state index in [0.29, 0.717) is 11.7 Å². The van der Waals surface area contributed by atoms with Gasteiger partial charge in [-0.15, -0.1) is 0 Å². The van der Waals surface area contributed by atoms with Crippen molar-refractivity contribution in [1.29, 1.82) is 0 Å². The summed E-state index contributed by atoms with van der Waals surface area (Å²) in [5.41, 5.74) is 0. The number of rotatable bonds is 3. The van der Waals surface area contributed by atoms with Gasteiger partial charge in [0.1, 0.15) is 11.6 Å². The lowest BCUT2D eigenvalue weighted by Gasteiger charge is -2.05. The summed E-state index contributed by atoms with van der Waals surface area (Å²) in [6, 6.07) is 5.94. The average Bonchev–Trinajstić information content (AvgIpc) is 2.30. The molecule has 0 spiro atoms. The third-order valence-corrected chi connectivity index (χ3v) is 2.92. The molecule has 78 valence electrons. The number of hydrogen-bond donors (Lipinski definition) is 0. The molecule has 1 aromatic carbocycles. The lowest BCUT2D eigenvalue weighted by Crippen LogP contribution is -2.12. The normalized spacial score (nSPS) is 18.6. The van der Waals surface area contributed by atoms with Gasteiger partial charge in [-0.05, 0) is 36.4 Å². The van der Waals surface area contributed by atoms with E-state index in [-0.39, 0.29) is 17.0 Å². The first kappa shape index (κ1) is 10.1.